The molecule has 5 nitrogen and oxygen atoms in total. The van der Waals surface area contributed by atoms with Crippen LogP contribution in [0.4, 0.5) is 0 Å². The second kappa shape index (κ2) is 5.01. The number of aromatic nitrogens is 2. The topological polar surface area (TPSA) is 50.2 Å². The molecule has 3 rings (SSSR count). The van der Waals surface area contributed by atoms with Crippen LogP contribution in [0.25, 0.3) is 0 Å². The van der Waals surface area contributed by atoms with Gasteiger partial charge in [-0.15, -0.1) is 0 Å². The number of amides is 1. The number of carbonyl (C=O) groups is 1. The van der Waals surface area contributed by atoms with Gasteiger partial charge in [0, 0.05) is 32.4 Å². The lowest BCUT2D eigenvalue weighted by atomic mass is 9.98. The summed E-state index contributed by atoms with van der Waals surface area (Å²) in [5.41, 5.74) is 0. The Labute approximate surface area is 115 Å². The molecule has 0 atom stereocenters. The highest BCUT2D eigenvalue weighted by atomic mass is 79.9. The van der Waals surface area contributed by atoms with Gasteiger partial charge < -0.3 is 10.2 Å². The van der Waals surface area contributed by atoms with Crippen LogP contribution >= 0.6 is 15.9 Å². The molecule has 0 aliphatic carbocycles. The molecule has 2 aliphatic rings. The summed E-state index contributed by atoms with van der Waals surface area (Å²) in [6.07, 6.45) is 5.83. The number of nitrogens with zero attached hydrogens (tertiary/aromatic N) is 3. The zero-order valence-corrected chi connectivity index (χ0v) is 11.8. The molecule has 3 heterocycles. The lowest BCUT2D eigenvalue weighted by Crippen LogP contribution is -2.53. The Hall–Kier alpha value is -0.880. The first-order valence-electron chi connectivity index (χ1n) is 6.43. The third-order valence-electron chi connectivity index (χ3n) is 3.85. The summed E-state index contributed by atoms with van der Waals surface area (Å²) in [6, 6.07) is 0.430. The maximum absolute atomic E-state index is 12.1. The van der Waals surface area contributed by atoms with Crippen molar-refractivity contribution in [1.29, 1.82) is 0 Å². The average Bonchev–Trinajstić information content (AvgIpc) is 2.74. The van der Waals surface area contributed by atoms with Crippen LogP contribution in [0.2, 0.25) is 0 Å². The first-order chi connectivity index (χ1) is 8.74. The molecule has 1 aromatic rings. The summed E-state index contributed by atoms with van der Waals surface area (Å²) in [5, 5.41) is 7.48. The van der Waals surface area contributed by atoms with Crippen molar-refractivity contribution in [2.24, 2.45) is 5.92 Å². The molecule has 2 aliphatic heterocycles. The van der Waals surface area contributed by atoms with E-state index >= 15 is 0 Å². The lowest BCUT2D eigenvalue weighted by Gasteiger charge is -2.36. The Bertz CT molecular complexity index is 435. The molecule has 0 saturated carbocycles. The number of carbonyl (C=O) groups excluding carboxylic acids is 1. The van der Waals surface area contributed by atoms with E-state index in [-0.39, 0.29) is 5.92 Å². The van der Waals surface area contributed by atoms with Gasteiger partial charge in [0.1, 0.15) is 0 Å². The number of nitrogens with one attached hydrogen (secondary N) is 1. The van der Waals surface area contributed by atoms with Crippen molar-refractivity contribution in [2.75, 3.05) is 26.2 Å². The molecular weight excluding hydrogens is 296 g/mol. The average molecular weight is 313 g/mol. The fraction of sp³-hybridized carbons (Fsp3) is 0.667. The number of hydrogen-bond acceptors (Lipinski definition) is 3. The third kappa shape index (κ3) is 2.31. The van der Waals surface area contributed by atoms with Crippen molar-refractivity contribution in [3.63, 3.8) is 0 Å². The lowest BCUT2D eigenvalue weighted by molar-refractivity contribution is -0.138. The maximum atomic E-state index is 12.1. The van der Waals surface area contributed by atoms with E-state index in [4.69, 9.17) is 0 Å². The monoisotopic (exact) mass is 312 g/mol. The molecule has 0 spiro atoms. The molecular formula is C12H17BrN4O. The molecule has 1 N–H and O–H groups in total. The van der Waals surface area contributed by atoms with Crippen molar-refractivity contribution in [1.82, 2.24) is 20.0 Å². The van der Waals surface area contributed by atoms with Crippen molar-refractivity contribution in [3.05, 3.63) is 16.9 Å². The van der Waals surface area contributed by atoms with Crippen molar-refractivity contribution in [2.45, 2.75) is 18.9 Å². The van der Waals surface area contributed by atoms with Crippen molar-refractivity contribution < 1.29 is 4.79 Å². The van der Waals surface area contributed by atoms with E-state index < -0.39 is 0 Å². The fourth-order valence-corrected chi connectivity index (χ4v) is 2.89. The summed E-state index contributed by atoms with van der Waals surface area (Å²) in [5.74, 6) is 0.550. The van der Waals surface area contributed by atoms with Crippen LogP contribution in [0.15, 0.2) is 16.9 Å². The third-order valence-corrected chi connectivity index (χ3v) is 4.26. The van der Waals surface area contributed by atoms with Crippen LogP contribution in [0.5, 0.6) is 0 Å². The molecule has 0 aromatic carbocycles. The standard InChI is InChI=1S/C12H17BrN4O/c13-10-7-15-17(8-10)11-1-3-16(4-2-11)12(18)9-5-14-6-9/h7-9,11,14H,1-6H2. The van der Waals surface area contributed by atoms with Crippen LogP contribution in [0, 0.1) is 5.92 Å². The van der Waals surface area contributed by atoms with Gasteiger partial charge in [0.05, 0.1) is 22.6 Å². The minimum atomic E-state index is 0.223. The van der Waals surface area contributed by atoms with Gasteiger partial charge in [-0.25, -0.2) is 0 Å². The first-order valence-corrected chi connectivity index (χ1v) is 7.22. The van der Waals surface area contributed by atoms with E-state index in [0.717, 1.165) is 43.5 Å². The van der Waals surface area contributed by atoms with Crippen LogP contribution in [-0.2, 0) is 4.79 Å². The molecule has 6 heteroatoms. The number of rotatable bonds is 2. The van der Waals surface area contributed by atoms with E-state index in [1.165, 1.54) is 0 Å². The van der Waals surface area contributed by atoms with Gasteiger partial charge in [0.25, 0.3) is 0 Å². The smallest absolute Gasteiger partial charge is 0.228 e. The molecule has 18 heavy (non-hydrogen) atoms. The fourth-order valence-electron chi connectivity index (χ4n) is 2.59. The zero-order chi connectivity index (χ0) is 12.5. The minimum absolute atomic E-state index is 0.223. The second-order valence-corrected chi connectivity index (χ2v) is 5.97. The summed E-state index contributed by atoms with van der Waals surface area (Å²) in [4.78, 5) is 14.1. The second-order valence-electron chi connectivity index (χ2n) is 5.05. The summed E-state index contributed by atoms with van der Waals surface area (Å²) >= 11 is 3.42. The van der Waals surface area contributed by atoms with Crippen LogP contribution < -0.4 is 5.32 Å². The Kier molecular flexibility index (Phi) is 3.39. The summed E-state index contributed by atoms with van der Waals surface area (Å²) in [6.45, 7) is 3.42. The first kappa shape index (κ1) is 12.2. The molecule has 0 radical (unpaired) electrons. The molecule has 0 bridgehead atoms. The predicted octanol–water partition coefficient (Wildman–Crippen LogP) is 1.03. The minimum Gasteiger partial charge on any atom is -0.342 e. The van der Waals surface area contributed by atoms with Gasteiger partial charge in [-0.05, 0) is 28.8 Å². The van der Waals surface area contributed by atoms with Gasteiger partial charge in [0.15, 0.2) is 0 Å². The number of halogens is 1. The Morgan fingerprint density at radius 2 is 2.11 bits per heavy atom. The Balaban J connectivity index is 1.56. The number of piperidine rings is 1. The zero-order valence-electron chi connectivity index (χ0n) is 10.2. The Morgan fingerprint density at radius 3 is 2.61 bits per heavy atom. The highest BCUT2D eigenvalue weighted by Gasteiger charge is 2.31. The van der Waals surface area contributed by atoms with Gasteiger partial charge in [-0.1, -0.05) is 0 Å². The highest BCUT2D eigenvalue weighted by molar-refractivity contribution is 9.10. The molecule has 0 unspecified atom stereocenters. The van der Waals surface area contributed by atoms with Crippen LogP contribution in [-0.4, -0.2) is 46.8 Å². The van der Waals surface area contributed by atoms with E-state index in [2.05, 4.69) is 26.3 Å². The SMILES string of the molecule is O=C(C1CNC1)N1CCC(n2cc(Br)cn2)CC1. The van der Waals surface area contributed by atoms with Gasteiger partial charge in [0.2, 0.25) is 5.91 Å². The van der Waals surface area contributed by atoms with Crippen molar-refractivity contribution in [3.8, 4) is 0 Å². The van der Waals surface area contributed by atoms with E-state index in [9.17, 15) is 4.79 Å². The van der Waals surface area contributed by atoms with Crippen molar-refractivity contribution >= 4 is 21.8 Å². The predicted molar refractivity (Wildman–Crippen MR) is 71.1 cm³/mol. The molecule has 2 saturated heterocycles. The molecule has 2 fully saturated rings. The Morgan fingerprint density at radius 1 is 1.39 bits per heavy atom. The number of likely N-dealkylation sites (tertiary alicyclic amines) is 1. The van der Waals surface area contributed by atoms with Crippen LogP contribution in [0.1, 0.15) is 18.9 Å². The quantitative estimate of drug-likeness (QED) is 0.887. The van der Waals surface area contributed by atoms with Gasteiger partial charge in [-0.2, -0.15) is 5.10 Å². The maximum Gasteiger partial charge on any atom is 0.228 e. The largest absolute Gasteiger partial charge is 0.342 e. The van der Waals surface area contributed by atoms with E-state index in [1.807, 2.05) is 22.0 Å². The van der Waals surface area contributed by atoms with E-state index in [0.29, 0.717) is 11.9 Å². The summed E-state index contributed by atoms with van der Waals surface area (Å²) < 4.78 is 3.03. The molecule has 1 amide bonds. The molecule has 1 aromatic heterocycles. The summed E-state index contributed by atoms with van der Waals surface area (Å²) in [7, 11) is 0. The van der Waals surface area contributed by atoms with Gasteiger partial charge >= 0.3 is 0 Å². The van der Waals surface area contributed by atoms with Gasteiger partial charge in [-0.3, -0.25) is 9.48 Å². The number of hydrogen-bond donors (Lipinski definition) is 1. The van der Waals surface area contributed by atoms with Crippen LogP contribution in [0.3, 0.4) is 0 Å². The molecule has 98 valence electrons. The highest BCUT2D eigenvalue weighted by Crippen LogP contribution is 2.24. The normalized spacial score (nSPS) is 21.9. The van der Waals surface area contributed by atoms with E-state index in [1.54, 1.807) is 0 Å².